The van der Waals surface area contributed by atoms with Crippen LogP contribution >= 0.6 is 11.3 Å². The minimum atomic E-state index is -0.240. The molecule has 2 heterocycles. The maximum Gasteiger partial charge on any atom is 0.297 e. The summed E-state index contributed by atoms with van der Waals surface area (Å²) in [6, 6.07) is 9.90. The summed E-state index contributed by atoms with van der Waals surface area (Å²) in [5.41, 5.74) is 2.49. The van der Waals surface area contributed by atoms with Gasteiger partial charge in [0.2, 0.25) is 0 Å². The van der Waals surface area contributed by atoms with Crippen LogP contribution in [0.2, 0.25) is 0 Å². The van der Waals surface area contributed by atoms with Crippen LogP contribution in [0.25, 0.3) is 10.2 Å². The summed E-state index contributed by atoms with van der Waals surface area (Å²) in [6.07, 6.45) is 0. The highest BCUT2D eigenvalue weighted by Gasteiger charge is 2.13. The topological polar surface area (TPSA) is 52.2 Å². The standard InChI is InChI=1S/C16H18N4OS/c1-4-19-12-8-6-7-9-14(12)22-16(19)17-15(21)13-10-11(3)18-20(13)5-2/h6-10H,4-5H2,1-3H3. The van der Waals surface area contributed by atoms with E-state index in [0.29, 0.717) is 12.2 Å². The molecule has 5 nitrogen and oxygen atoms in total. The molecule has 0 fully saturated rings. The number of aromatic nitrogens is 3. The summed E-state index contributed by atoms with van der Waals surface area (Å²) in [5.74, 6) is -0.240. The highest BCUT2D eigenvalue weighted by Crippen LogP contribution is 2.16. The van der Waals surface area contributed by atoms with Gasteiger partial charge >= 0.3 is 0 Å². The average Bonchev–Trinajstić information content (AvgIpc) is 3.06. The quantitative estimate of drug-likeness (QED) is 0.746. The van der Waals surface area contributed by atoms with Crippen LogP contribution in [-0.2, 0) is 13.1 Å². The highest BCUT2D eigenvalue weighted by molar-refractivity contribution is 7.16. The van der Waals surface area contributed by atoms with Crippen molar-refractivity contribution >= 4 is 27.5 Å². The smallest absolute Gasteiger partial charge is 0.297 e. The number of hydrogen-bond donors (Lipinski definition) is 0. The Bertz CT molecular complexity index is 900. The van der Waals surface area contributed by atoms with E-state index in [9.17, 15) is 4.79 Å². The number of thiazole rings is 1. The molecule has 3 aromatic rings. The first-order valence-corrected chi connectivity index (χ1v) is 8.17. The lowest BCUT2D eigenvalue weighted by molar-refractivity contribution is 0.0987. The fourth-order valence-electron chi connectivity index (χ4n) is 2.51. The zero-order valence-corrected chi connectivity index (χ0v) is 13.7. The third kappa shape index (κ3) is 2.50. The number of carbonyl (C=O) groups is 1. The number of amides is 1. The van der Waals surface area contributed by atoms with Crippen LogP contribution in [0.4, 0.5) is 0 Å². The molecule has 0 bridgehead atoms. The number of aryl methyl sites for hydroxylation is 3. The van der Waals surface area contributed by atoms with Gasteiger partial charge in [-0.2, -0.15) is 10.1 Å². The molecule has 1 aromatic carbocycles. The zero-order valence-electron chi connectivity index (χ0n) is 12.9. The second-order valence-corrected chi connectivity index (χ2v) is 6.01. The molecule has 6 heteroatoms. The number of carbonyl (C=O) groups excluding carboxylic acids is 1. The number of hydrogen-bond acceptors (Lipinski definition) is 3. The monoisotopic (exact) mass is 314 g/mol. The number of nitrogens with zero attached hydrogens (tertiary/aromatic N) is 4. The summed E-state index contributed by atoms with van der Waals surface area (Å²) in [7, 11) is 0. The first kappa shape index (κ1) is 14.7. The number of rotatable bonds is 3. The van der Waals surface area contributed by atoms with Crippen molar-refractivity contribution in [2.45, 2.75) is 33.9 Å². The molecule has 114 valence electrons. The van der Waals surface area contributed by atoms with Gasteiger partial charge in [-0.1, -0.05) is 23.5 Å². The molecule has 0 N–H and O–H groups in total. The predicted molar refractivity (Wildman–Crippen MR) is 88.0 cm³/mol. The van der Waals surface area contributed by atoms with Crippen molar-refractivity contribution in [3.63, 3.8) is 0 Å². The molecule has 22 heavy (non-hydrogen) atoms. The van der Waals surface area contributed by atoms with Crippen molar-refractivity contribution < 1.29 is 4.79 Å². The van der Waals surface area contributed by atoms with Gasteiger partial charge in [0.15, 0.2) is 4.80 Å². The molecule has 0 aliphatic heterocycles. The first-order valence-electron chi connectivity index (χ1n) is 7.36. The molecular formula is C16H18N4OS. The molecule has 0 aliphatic carbocycles. The fourth-order valence-corrected chi connectivity index (χ4v) is 3.61. The fraction of sp³-hybridized carbons (Fsp3) is 0.312. The lowest BCUT2D eigenvalue weighted by Gasteiger charge is -2.01. The second-order valence-electron chi connectivity index (χ2n) is 5.00. The lowest BCUT2D eigenvalue weighted by atomic mass is 10.3. The molecule has 0 spiro atoms. The molecule has 0 unspecified atom stereocenters. The predicted octanol–water partition coefficient (Wildman–Crippen LogP) is 2.99. The number of para-hydroxylation sites is 1. The lowest BCUT2D eigenvalue weighted by Crippen LogP contribution is -2.17. The van der Waals surface area contributed by atoms with Crippen LogP contribution in [0.5, 0.6) is 0 Å². The summed E-state index contributed by atoms with van der Waals surface area (Å²) in [4.78, 5) is 17.6. The van der Waals surface area contributed by atoms with E-state index < -0.39 is 0 Å². The minimum Gasteiger partial charge on any atom is -0.317 e. The normalized spacial score (nSPS) is 12.2. The van der Waals surface area contributed by atoms with E-state index in [-0.39, 0.29) is 5.91 Å². The Morgan fingerprint density at radius 2 is 2.05 bits per heavy atom. The Hall–Kier alpha value is -2.21. The molecule has 2 aromatic heterocycles. The zero-order chi connectivity index (χ0) is 15.7. The van der Waals surface area contributed by atoms with E-state index in [0.717, 1.165) is 27.3 Å². The summed E-state index contributed by atoms with van der Waals surface area (Å²) in [5, 5.41) is 4.31. The Labute approximate surface area is 132 Å². The molecule has 0 saturated heterocycles. The van der Waals surface area contributed by atoms with Gasteiger partial charge in [-0.25, -0.2) is 0 Å². The van der Waals surface area contributed by atoms with Gasteiger partial charge in [0.1, 0.15) is 5.69 Å². The molecule has 0 atom stereocenters. The number of fused-ring (bicyclic) bond motifs is 1. The Kier molecular flexibility index (Phi) is 3.94. The van der Waals surface area contributed by atoms with Gasteiger partial charge in [-0.15, -0.1) is 0 Å². The SMILES string of the molecule is CCn1nc(C)cc1C(=O)N=c1sc2ccccc2n1CC. The Balaban J connectivity index is 2.13. The third-order valence-corrected chi connectivity index (χ3v) is 4.58. The Morgan fingerprint density at radius 3 is 2.77 bits per heavy atom. The molecule has 3 rings (SSSR count). The van der Waals surface area contributed by atoms with Crippen molar-refractivity contribution in [1.82, 2.24) is 14.3 Å². The molecule has 0 radical (unpaired) electrons. The second kappa shape index (κ2) is 5.88. The van der Waals surface area contributed by atoms with Crippen molar-refractivity contribution in [3.8, 4) is 0 Å². The van der Waals surface area contributed by atoms with Gasteiger partial charge < -0.3 is 4.57 Å². The number of benzene rings is 1. The maximum absolute atomic E-state index is 12.5. The molecular weight excluding hydrogens is 296 g/mol. The summed E-state index contributed by atoms with van der Waals surface area (Å²) in [6.45, 7) is 7.35. The van der Waals surface area contributed by atoms with E-state index in [4.69, 9.17) is 0 Å². The van der Waals surface area contributed by atoms with Crippen molar-refractivity contribution in [2.24, 2.45) is 4.99 Å². The van der Waals surface area contributed by atoms with Crippen LogP contribution in [0.3, 0.4) is 0 Å². The van der Waals surface area contributed by atoms with Gasteiger partial charge in [0.05, 0.1) is 15.9 Å². The van der Waals surface area contributed by atoms with Crippen LogP contribution in [-0.4, -0.2) is 20.3 Å². The van der Waals surface area contributed by atoms with Crippen LogP contribution < -0.4 is 4.80 Å². The maximum atomic E-state index is 12.5. The van der Waals surface area contributed by atoms with Crippen LogP contribution in [0.1, 0.15) is 30.0 Å². The Morgan fingerprint density at radius 1 is 1.27 bits per heavy atom. The van der Waals surface area contributed by atoms with E-state index >= 15 is 0 Å². The summed E-state index contributed by atoms with van der Waals surface area (Å²) < 4.78 is 4.90. The average molecular weight is 314 g/mol. The van der Waals surface area contributed by atoms with E-state index in [1.54, 1.807) is 10.7 Å². The van der Waals surface area contributed by atoms with Crippen LogP contribution in [0, 0.1) is 6.92 Å². The first-order chi connectivity index (χ1) is 10.6. The van der Waals surface area contributed by atoms with Gasteiger partial charge in [-0.3, -0.25) is 9.48 Å². The van der Waals surface area contributed by atoms with Crippen molar-refractivity contribution in [2.75, 3.05) is 0 Å². The molecule has 0 aliphatic rings. The van der Waals surface area contributed by atoms with Crippen molar-refractivity contribution in [1.29, 1.82) is 0 Å². The van der Waals surface area contributed by atoms with E-state index in [1.807, 2.05) is 26.0 Å². The minimum absolute atomic E-state index is 0.240. The molecule has 1 amide bonds. The van der Waals surface area contributed by atoms with Gasteiger partial charge in [0, 0.05) is 13.1 Å². The van der Waals surface area contributed by atoms with E-state index in [1.165, 1.54) is 11.3 Å². The van der Waals surface area contributed by atoms with Gasteiger partial charge in [0.25, 0.3) is 5.91 Å². The third-order valence-electron chi connectivity index (χ3n) is 3.52. The molecule has 0 saturated carbocycles. The summed E-state index contributed by atoms with van der Waals surface area (Å²) >= 11 is 1.54. The van der Waals surface area contributed by atoms with Crippen LogP contribution in [0.15, 0.2) is 35.3 Å². The van der Waals surface area contributed by atoms with Crippen molar-refractivity contribution in [3.05, 3.63) is 46.5 Å². The largest absolute Gasteiger partial charge is 0.317 e. The highest BCUT2D eigenvalue weighted by atomic mass is 32.1. The van der Waals surface area contributed by atoms with Gasteiger partial charge in [-0.05, 0) is 39.0 Å². The van der Waals surface area contributed by atoms with E-state index in [2.05, 4.69) is 33.7 Å².